The van der Waals surface area contributed by atoms with Crippen molar-refractivity contribution in [3.05, 3.63) is 47.6 Å². The lowest BCUT2D eigenvalue weighted by Crippen LogP contribution is -2.27. The highest BCUT2D eigenvalue weighted by molar-refractivity contribution is 5.87. The Morgan fingerprint density at radius 2 is 1.93 bits per heavy atom. The molecule has 1 aliphatic heterocycles. The van der Waals surface area contributed by atoms with E-state index in [0.717, 1.165) is 37.7 Å². The molecule has 0 saturated carbocycles. The van der Waals surface area contributed by atoms with E-state index in [9.17, 15) is 9.90 Å². The van der Waals surface area contributed by atoms with Gasteiger partial charge in [-0.2, -0.15) is 0 Å². The average Bonchev–Trinajstić information content (AvgIpc) is 3.21. The normalized spacial score (nSPS) is 30.1. The molecule has 4 nitrogen and oxygen atoms in total. The van der Waals surface area contributed by atoms with E-state index in [4.69, 9.17) is 9.47 Å². The van der Waals surface area contributed by atoms with Gasteiger partial charge in [-0.15, -0.1) is 0 Å². The first-order chi connectivity index (χ1) is 13.2. The molecule has 3 atom stereocenters. The van der Waals surface area contributed by atoms with E-state index in [1.165, 1.54) is 11.6 Å². The second-order valence-corrected chi connectivity index (χ2v) is 9.27. The summed E-state index contributed by atoms with van der Waals surface area (Å²) in [5.74, 6) is -0.124. The number of hydrogen-bond donors (Lipinski definition) is 1. The highest BCUT2D eigenvalue weighted by Crippen LogP contribution is 2.48. The zero-order valence-corrected chi connectivity index (χ0v) is 17.4. The molecule has 1 aromatic rings. The number of aromatic hydroxyl groups is 1. The largest absolute Gasteiger partial charge is 0.508 e. The SMILES string of the molecule is CC1=CCCC2(C)OC2CC(C)(C)CC(OC(=O)C=Cc2ccc(O)cc2)C1. The van der Waals surface area contributed by atoms with E-state index in [2.05, 4.69) is 33.8 Å². The minimum absolute atomic E-state index is 0.0113. The Hall–Kier alpha value is -2.07. The third-order valence-electron chi connectivity index (χ3n) is 5.82. The summed E-state index contributed by atoms with van der Waals surface area (Å²) in [5.41, 5.74) is 2.16. The molecule has 1 fully saturated rings. The fourth-order valence-electron chi connectivity index (χ4n) is 4.13. The van der Waals surface area contributed by atoms with Crippen molar-refractivity contribution < 1.29 is 19.4 Å². The summed E-state index contributed by atoms with van der Waals surface area (Å²) in [6.45, 7) is 8.80. The quantitative estimate of drug-likeness (QED) is 0.327. The smallest absolute Gasteiger partial charge is 0.331 e. The molecule has 0 radical (unpaired) electrons. The second-order valence-electron chi connectivity index (χ2n) is 9.27. The average molecular weight is 385 g/mol. The summed E-state index contributed by atoms with van der Waals surface area (Å²) in [7, 11) is 0. The summed E-state index contributed by atoms with van der Waals surface area (Å²) >= 11 is 0. The molecule has 1 N–H and O–H groups in total. The summed E-state index contributed by atoms with van der Waals surface area (Å²) in [6.07, 6.45) is 10.2. The number of hydrogen-bond acceptors (Lipinski definition) is 4. The number of phenolic OH excluding ortho intramolecular Hbond substituents is 1. The van der Waals surface area contributed by atoms with E-state index in [1.54, 1.807) is 30.3 Å². The Bertz CT molecular complexity index is 759. The van der Waals surface area contributed by atoms with Gasteiger partial charge in [0.05, 0.1) is 11.7 Å². The zero-order chi connectivity index (χ0) is 20.4. The molecule has 0 amide bonds. The van der Waals surface area contributed by atoms with Crippen molar-refractivity contribution in [2.24, 2.45) is 5.41 Å². The van der Waals surface area contributed by atoms with Crippen molar-refractivity contribution in [3.8, 4) is 5.75 Å². The molecule has 1 heterocycles. The lowest BCUT2D eigenvalue weighted by Gasteiger charge is -2.29. The van der Waals surface area contributed by atoms with Gasteiger partial charge in [-0.05, 0) is 68.7 Å². The fraction of sp³-hybridized carbons (Fsp3) is 0.542. The van der Waals surface area contributed by atoms with E-state index >= 15 is 0 Å². The van der Waals surface area contributed by atoms with Gasteiger partial charge in [-0.1, -0.05) is 37.6 Å². The van der Waals surface area contributed by atoms with Crippen molar-refractivity contribution in [1.82, 2.24) is 0 Å². The Balaban J connectivity index is 1.66. The number of carbonyl (C=O) groups is 1. The van der Waals surface area contributed by atoms with Gasteiger partial charge in [-0.25, -0.2) is 4.79 Å². The van der Waals surface area contributed by atoms with Crippen LogP contribution in [0.5, 0.6) is 5.75 Å². The van der Waals surface area contributed by atoms with Crippen LogP contribution < -0.4 is 0 Å². The van der Waals surface area contributed by atoms with Crippen molar-refractivity contribution in [2.75, 3.05) is 0 Å². The fourth-order valence-corrected chi connectivity index (χ4v) is 4.13. The van der Waals surface area contributed by atoms with Crippen molar-refractivity contribution in [1.29, 1.82) is 0 Å². The number of allylic oxidation sites excluding steroid dienone is 1. The van der Waals surface area contributed by atoms with Crippen molar-refractivity contribution in [2.45, 2.75) is 77.6 Å². The number of esters is 1. The maximum absolute atomic E-state index is 12.4. The molecule has 1 saturated heterocycles. The van der Waals surface area contributed by atoms with Gasteiger partial charge in [0.2, 0.25) is 0 Å². The number of carbonyl (C=O) groups excluding carboxylic acids is 1. The van der Waals surface area contributed by atoms with Crippen LogP contribution in [0.2, 0.25) is 0 Å². The zero-order valence-electron chi connectivity index (χ0n) is 17.4. The van der Waals surface area contributed by atoms with Crippen LogP contribution in [-0.4, -0.2) is 28.9 Å². The molecule has 0 bridgehead atoms. The van der Waals surface area contributed by atoms with Crippen LogP contribution in [0.3, 0.4) is 0 Å². The number of ether oxygens (including phenoxy) is 2. The molecule has 4 heteroatoms. The monoisotopic (exact) mass is 384 g/mol. The summed E-state index contributed by atoms with van der Waals surface area (Å²) in [4.78, 5) is 12.4. The lowest BCUT2D eigenvalue weighted by molar-refractivity contribution is -0.144. The third kappa shape index (κ3) is 5.71. The maximum atomic E-state index is 12.4. The van der Waals surface area contributed by atoms with E-state index < -0.39 is 0 Å². The molecule has 152 valence electrons. The molecule has 0 spiro atoms. The number of benzene rings is 1. The molecular weight excluding hydrogens is 352 g/mol. The number of epoxide rings is 1. The van der Waals surface area contributed by atoms with Gasteiger partial charge in [0, 0.05) is 12.5 Å². The van der Waals surface area contributed by atoms with Gasteiger partial charge < -0.3 is 14.6 Å². The maximum Gasteiger partial charge on any atom is 0.331 e. The van der Waals surface area contributed by atoms with Crippen molar-refractivity contribution in [3.63, 3.8) is 0 Å². The number of fused-ring (bicyclic) bond motifs is 1. The Morgan fingerprint density at radius 3 is 2.64 bits per heavy atom. The standard InChI is InChI=1S/C24H32O4/c1-17-6-5-13-24(4)21(28-24)16-23(2,3)15-20(14-17)27-22(26)12-9-18-7-10-19(25)11-8-18/h6-12,20-21,25H,5,13-16H2,1-4H3. The lowest BCUT2D eigenvalue weighted by atomic mass is 9.79. The Labute approximate surface area is 168 Å². The van der Waals surface area contributed by atoms with Gasteiger partial charge in [0.25, 0.3) is 0 Å². The van der Waals surface area contributed by atoms with Gasteiger partial charge in [0.15, 0.2) is 0 Å². The molecular formula is C24H32O4. The first kappa shape index (κ1) is 20.7. The molecule has 1 aliphatic carbocycles. The number of phenols is 1. The van der Waals surface area contributed by atoms with Gasteiger partial charge in [0.1, 0.15) is 11.9 Å². The van der Waals surface area contributed by atoms with E-state index in [1.807, 2.05) is 0 Å². The number of rotatable bonds is 3. The Kier molecular flexibility index (Phi) is 5.99. The van der Waals surface area contributed by atoms with Crippen LogP contribution in [0.15, 0.2) is 42.0 Å². The summed E-state index contributed by atoms with van der Waals surface area (Å²) < 4.78 is 11.8. The molecule has 3 unspecified atom stereocenters. The summed E-state index contributed by atoms with van der Waals surface area (Å²) in [6, 6.07) is 6.71. The minimum atomic E-state index is -0.330. The third-order valence-corrected chi connectivity index (χ3v) is 5.82. The van der Waals surface area contributed by atoms with Crippen LogP contribution >= 0.6 is 0 Å². The van der Waals surface area contributed by atoms with Crippen LogP contribution in [0.25, 0.3) is 6.08 Å². The predicted molar refractivity (Wildman–Crippen MR) is 111 cm³/mol. The Morgan fingerprint density at radius 1 is 1.21 bits per heavy atom. The molecule has 0 aromatic heterocycles. The molecule has 2 aliphatic rings. The van der Waals surface area contributed by atoms with Crippen LogP contribution in [-0.2, 0) is 14.3 Å². The minimum Gasteiger partial charge on any atom is -0.508 e. The first-order valence-electron chi connectivity index (χ1n) is 10.2. The highest BCUT2D eigenvalue weighted by Gasteiger charge is 2.53. The van der Waals surface area contributed by atoms with Crippen LogP contribution in [0.4, 0.5) is 0 Å². The molecule has 3 rings (SSSR count). The predicted octanol–water partition coefficient (Wildman–Crippen LogP) is 5.41. The topological polar surface area (TPSA) is 59.1 Å². The van der Waals surface area contributed by atoms with Crippen LogP contribution in [0, 0.1) is 5.41 Å². The molecule has 1 aromatic carbocycles. The summed E-state index contributed by atoms with van der Waals surface area (Å²) in [5, 5.41) is 9.34. The second kappa shape index (κ2) is 8.12. The van der Waals surface area contributed by atoms with Gasteiger partial charge in [-0.3, -0.25) is 0 Å². The van der Waals surface area contributed by atoms with Crippen LogP contribution in [0.1, 0.15) is 65.4 Å². The molecule has 28 heavy (non-hydrogen) atoms. The van der Waals surface area contributed by atoms with E-state index in [-0.39, 0.29) is 28.8 Å². The van der Waals surface area contributed by atoms with E-state index in [0.29, 0.717) is 6.10 Å². The van der Waals surface area contributed by atoms with Crippen molar-refractivity contribution >= 4 is 12.0 Å². The highest BCUT2D eigenvalue weighted by atomic mass is 16.6. The van der Waals surface area contributed by atoms with Gasteiger partial charge >= 0.3 is 5.97 Å². The first-order valence-corrected chi connectivity index (χ1v) is 10.2.